The predicted octanol–water partition coefficient (Wildman–Crippen LogP) is 3.02. The molecule has 2 heterocycles. The lowest BCUT2D eigenvalue weighted by Gasteiger charge is -2.34. The molecule has 2 N–H and O–H groups in total. The number of pyridine rings is 1. The Bertz CT molecular complexity index is 1080. The van der Waals surface area contributed by atoms with E-state index < -0.39 is 0 Å². The summed E-state index contributed by atoms with van der Waals surface area (Å²) in [5.41, 5.74) is 10.2. The topological polar surface area (TPSA) is 84.0 Å². The van der Waals surface area contributed by atoms with Crippen LogP contribution in [0.25, 0.3) is 0 Å². The average Bonchev–Trinajstić information content (AvgIpc) is 2.83. The number of nitrogen functional groups attached to an aromatic ring is 1. The highest BCUT2D eigenvalue weighted by Gasteiger charge is 2.22. The fourth-order valence-corrected chi connectivity index (χ4v) is 3.87. The van der Waals surface area contributed by atoms with E-state index >= 15 is 0 Å². The van der Waals surface area contributed by atoms with Crippen LogP contribution in [-0.2, 0) is 11.4 Å². The molecule has 1 amide bonds. The van der Waals surface area contributed by atoms with Gasteiger partial charge in [-0.25, -0.2) is 4.98 Å². The molecule has 0 unspecified atom stereocenters. The van der Waals surface area contributed by atoms with Crippen molar-refractivity contribution in [2.45, 2.75) is 6.54 Å². The molecule has 2 aromatic carbocycles. The van der Waals surface area contributed by atoms with Crippen LogP contribution in [0.3, 0.4) is 0 Å². The molecule has 7 nitrogen and oxygen atoms in total. The van der Waals surface area contributed by atoms with Gasteiger partial charge in [0.25, 0.3) is 5.91 Å². The van der Waals surface area contributed by atoms with Crippen molar-refractivity contribution >= 4 is 17.4 Å². The number of hydrogen-bond donors (Lipinski definition) is 1. The Morgan fingerprint density at radius 3 is 2.28 bits per heavy atom. The minimum atomic E-state index is 0.0503. The zero-order valence-corrected chi connectivity index (χ0v) is 18.1. The van der Waals surface area contributed by atoms with E-state index in [1.807, 2.05) is 71.6 Å². The summed E-state index contributed by atoms with van der Waals surface area (Å²) in [5, 5.41) is 4.18. The smallest absolute Gasteiger partial charge is 0.253 e. The molecule has 0 spiro atoms. The highest BCUT2D eigenvalue weighted by molar-refractivity contribution is 6.12. The Hall–Kier alpha value is -3.71. The van der Waals surface area contributed by atoms with Crippen molar-refractivity contribution in [3.63, 3.8) is 0 Å². The van der Waals surface area contributed by atoms with Crippen molar-refractivity contribution in [1.82, 2.24) is 14.8 Å². The van der Waals surface area contributed by atoms with Gasteiger partial charge in [-0.3, -0.25) is 9.69 Å². The molecular weight excluding hydrogens is 402 g/mol. The van der Waals surface area contributed by atoms with Crippen LogP contribution >= 0.6 is 0 Å². The van der Waals surface area contributed by atoms with Crippen LogP contribution in [0.1, 0.15) is 27.0 Å². The number of benzene rings is 2. The summed E-state index contributed by atoms with van der Waals surface area (Å²) in [6.07, 6.45) is 1.73. The maximum atomic E-state index is 13.0. The number of hydrogen-bond acceptors (Lipinski definition) is 6. The number of amides is 1. The van der Waals surface area contributed by atoms with Crippen LogP contribution in [0, 0.1) is 0 Å². The van der Waals surface area contributed by atoms with Crippen molar-refractivity contribution in [2.75, 3.05) is 39.0 Å². The average molecular weight is 430 g/mol. The van der Waals surface area contributed by atoms with E-state index in [9.17, 15) is 4.79 Å². The number of carbonyl (C=O) groups is 1. The summed E-state index contributed by atoms with van der Waals surface area (Å²) in [6, 6.07) is 21.3. The first-order valence-electron chi connectivity index (χ1n) is 10.6. The number of aromatic nitrogens is 1. The Labute approximate surface area is 188 Å². The fourth-order valence-electron chi connectivity index (χ4n) is 3.87. The van der Waals surface area contributed by atoms with Gasteiger partial charge in [0.1, 0.15) is 18.6 Å². The SMILES string of the molecule is CON=C(c1ccccc1)c1ccc(C(=O)N2CCN(Cc3ccnc(N)c3)CC2)cc1. The molecule has 0 radical (unpaired) electrons. The first-order chi connectivity index (χ1) is 15.6. The minimum absolute atomic E-state index is 0.0503. The second-order valence-corrected chi connectivity index (χ2v) is 7.72. The normalized spacial score (nSPS) is 14.9. The molecule has 3 aromatic rings. The lowest BCUT2D eigenvalue weighted by atomic mass is 10.0. The summed E-state index contributed by atoms with van der Waals surface area (Å²) in [7, 11) is 1.53. The van der Waals surface area contributed by atoms with Crippen molar-refractivity contribution < 1.29 is 9.63 Å². The number of nitrogens with two attached hydrogens (primary N) is 1. The molecule has 32 heavy (non-hydrogen) atoms. The van der Waals surface area contributed by atoms with Crippen molar-refractivity contribution in [3.05, 3.63) is 95.2 Å². The Balaban J connectivity index is 1.38. The molecule has 7 heteroatoms. The van der Waals surface area contributed by atoms with Gasteiger partial charge in [-0.1, -0.05) is 47.6 Å². The zero-order chi connectivity index (χ0) is 22.3. The van der Waals surface area contributed by atoms with Gasteiger partial charge in [0.15, 0.2) is 0 Å². The monoisotopic (exact) mass is 429 g/mol. The van der Waals surface area contributed by atoms with E-state index in [2.05, 4.69) is 15.0 Å². The molecule has 0 bridgehead atoms. The highest BCUT2D eigenvalue weighted by Crippen LogP contribution is 2.16. The highest BCUT2D eigenvalue weighted by atomic mass is 16.6. The van der Waals surface area contributed by atoms with Crippen LogP contribution in [0.4, 0.5) is 5.82 Å². The van der Waals surface area contributed by atoms with E-state index in [1.54, 1.807) is 6.20 Å². The summed E-state index contributed by atoms with van der Waals surface area (Å²) >= 11 is 0. The van der Waals surface area contributed by atoms with E-state index in [4.69, 9.17) is 10.6 Å². The largest absolute Gasteiger partial charge is 0.399 e. The summed E-state index contributed by atoms with van der Waals surface area (Å²) < 4.78 is 0. The number of piperazine rings is 1. The van der Waals surface area contributed by atoms with Gasteiger partial charge in [-0.15, -0.1) is 0 Å². The van der Waals surface area contributed by atoms with Crippen molar-refractivity contribution in [3.8, 4) is 0 Å². The number of carbonyl (C=O) groups excluding carboxylic acids is 1. The molecule has 1 fully saturated rings. The Morgan fingerprint density at radius 1 is 0.969 bits per heavy atom. The van der Waals surface area contributed by atoms with E-state index in [0.29, 0.717) is 24.5 Å². The molecule has 164 valence electrons. The van der Waals surface area contributed by atoms with Crippen LogP contribution in [0.5, 0.6) is 0 Å². The number of anilines is 1. The standard InChI is InChI=1S/C25H27N5O2/c1-32-28-24(20-5-3-2-4-6-20)21-7-9-22(10-8-21)25(31)30-15-13-29(14-16-30)18-19-11-12-27-23(26)17-19/h2-12,17H,13-16,18H2,1H3,(H2,26,27). The zero-order valence-electron chi connectivity index (χ0n) is 18.1. The molecular formula is C25H27N5O2. The molecule has 1 aliphatic heterocycles. The van der Waals surface area contributed by atoms with E-state index in [1.165, 1.54) is 7.11 Å². The predicted molar refractivity (Wildman–Crippen MR) is 125 cm³/mol. The molecule has 1 aliphatic rings. The van der Waals surface area contributed by atoms with Gasteiger partial charge in [0.2, 0.25) is 0 Å². The molecule has 4 rings (SSSR count). The third-order valence-electron chi connectivity index (χ3n) is 5.55. The van der Waals surface area contributed by atoms with Crippen molar-refractivity contribution in [2.24, 2.45) is 5.16 Å². The minimum Gasteiger partial charge on any atom is -0.399 e. The van der Waals surface area contributed by atoms with Gasteiger partial charge in [-0.2, -0.15) is 0 Å². The number of nitrogens with zero attached hydrogens (tertiary/aromatic N) is 4. The lowest BCUT2D eigenvalue weighted by Crippen LogP contribution is -2.48. The van der Waals surface area contributed by atoms with Crippen LogP contribution in [0.15, 0.2) is 78.1 Å². The second-order valence-electron chi connectivity index (χ2n) is 7.72. The van der Waals surface area contributed by atoms with Crippen LogP contribution in [0.2, 0.25) is 0 Å². The first-order valence-corrected chi connectivity index (χ1v) is 10.6. The second kappa shape index (κ2) is 10.1. The van der Waals surface area contributed by atoms with Crippen LogP contribution < -0.4 is 5.73 Å². The van der Waals surface area contributed by atoms with E-state index in [0.717, 1.165) is 42.0 Å². The maximum Gasteiger partial charge on any atom is 0.253 e. The molecule has 0 atom stereocenters. The molecule has 0 aliphatic carbocycles. The van der Waals surface area contributed by atoms with Crippen LogP contribution in [-0.4, -0.2) is 59.7 Å². The van der Waals surface area contributed by atoms with Gasteiger partial charge in [0, 0.05) is 55.6 Å². The van der Waals surface area contributed by atoms with Gasteiger partial charge >= 0.3 is 0 Å². The number of oxime groups is 1. The number of rotatable bonds is 6. The lowest BCUT2D eigenvalue weighted by molar-refractivity contribution is 0.0628. The molecule has 0 saturated carbocycles. The van der Waals surface area contributed by atoms with Gasteiger partial charge < -0.3 is 15.5 Å². The first kappa shape index (κ1) is 21.5. The quantitative estimate of drug-likeness (QED) is 0.481. The Kier molecular flexibility index (Phi) is 6.77. The van der Waals surface area contributed by atoms with E-state index in [-0.39, 0.29) is 5.91 Å². The van der Waals surface area contributed by atoms with Gasteiger partial charge in [0.05, 0.1) is 0 Å². The molecule has 1 saturated heterocycles. The summed E-state index contributed by atoms with van der Waals surface area (Å²) in [5.74, 6) is 0.583. The summed E-state index contributed by atoms with van der Waals surface area (Å²) in [4.78, 5) is 26.3. The third kappa shape index (κ3) is 5.12. The fraction of sp³-hybridized carbons (Fsp3) is 0.240. The summed E-state index contributed by atoms with van der Waals surface area (Å²) in [6.45, 7) is 3.85. The van der Waals surface area contributed by atoms with Crippen molar-refractivity contribution in [1.29, 1.82) is 0 Å². The third-order valence-corrected chi connectivity index (χ3v) is 5.55. The maximum absolute atomic E-state index is 13.0. The molecule has 1 aromatic heterocycles. The Morgan fingerprint density at radius 2 is 1.62 bits per heavy atom. The van der Waals surface area contributed by atoms with Gasteiger partial charge in [-0.05, 0) is 29.8 Å².